The van der Waals surface area contributed by atoms with Crippen molar-refractivity contribution in [3.63, 3.8) is 0 Å². The highest BCUT2D eigenvalue weighted by atomic mass is 16.5. The van der Waals surface area contributed by atoms with E-state index in [0.29, 0.717) is 17.9 Å². The Morgan fingerprint density at radius 1 is 1.14 bits per heavy atom. The van der Waals surface area contributed by atoms with Gasteiger partial charge in [0.2, 0.25) is 0 Å². The lowest BCUT2D eigenvalue weighted by molar-refractivity contribution is 0.102. The van der Waals surface area contributed by atoms with E-state index in [-0.39, 0.29) is 5.91 Å². The zero-order valence-electron chi connectivity index (χ0n) is 13.3. The van der Waals surface area contributed by atoms with Crippen LogP contribution in [0.1, 0.15) is 34.8 Å². The minimum absolute atomic E-state index is 0.157. The monoisotopic (exact) mass is 298 g/mol. The van der Waals surface area contributed by atoms with Gasteiger partial charge in [0.25, 0.3) is 5.91 Å². The molecule has 0 fully saturated rings. The topological polar surface area (TPSA) is 64.3 Å². The number of benzene rings is 2. The first-order valence-electron chi connectivity index (χ1n) is 7.42. The Morgan fingerprint density at radius 2 is 1.91 bits per heavy atom. The smallest absolute Gasteiger partial charge is 0.256 e. The van der Waals surface area contributed by atoms with Gasteiger partial charge in [0.1, 0.15) is 5.75 Å². The molecule has 3 N–H and O–H groups in total. The molecule has 0 atom stereocenters. The van der Waals surface area contributed by atoms with Gasteiger partial charge in [0.15, 0.2) is 0 Å². The number of ether oxygens (including phenoxy) is 1. The summed E-state index contributed by atoms with van der Waals surface area (Å²) in [5, 5.41) is 2.93. The van der Waals surface area contributed by atoms with Crippen molar-refractivity contribution in [2.24, 2.45) is 0 Å². The number of rotatable bonds is 5. The van der Waals surface area contributed by atoms with E-state index in [1.54, 1.807) is 12.1 Å². The first-order valence-corrected chi connectivity index (χ1v) is 7.42. The van der Waals surface area contributed by atoms with Crippen molar-refractivity contribution in [2.75, 3.05) is 17.7 Å². The summed E-state index contributed by atoms with van der Waals surface area (Å²) in [7, 11) is 0. The van der Waals surface area contributed by atoms with Gasteiger partial charge in [-0.1, -0.05) is 13.0 Å². The number of carbonyl (C=O) groups is 1. The summed E-state index contributed by atoms with van der Waals surface area (Å²) < 4.78 is 5.59. The molecule has 0 aromatic heterocycles. The maximum Gasteiger partial charge on any atom is 0.256 e. The number of nitrogen functional groups attached to an aromatic ring is 1. The van der Waals surface area contributed by atoms with Crippen molar-refractivity contribution in [1.29, 1.82) is 0 Å². The van der Waals surface area contributed by atoms with Gasteiger partial charge >= 0.3 is 0 Å². The summed E-state index contributed by atoms with van der Waals surface area (Å²) in [6, 6.07) is 11.0. The second-order valence-electron chi connectivity index (χ2n) is 5.35. The Hall–Kier alpha value is -2.49. The van der Waals surface area contributed by atoms with Gasteiger partial charge in [-0.2, -0.15) is 0 Å². The predicted molar refractivity (Wildman–Crippen MR) is 90.5 cm³/mol. The van der Waals surface area contributed by atoms with E-state index in [0.717, 1.165) is 29.0 Å². The van der Waals surface area contributed by atoms with Crippen LogP contribution in [0.5, 0.6) is 5.75 Å². The molecule has 0 aliphatic rings. The molecule has 2 aromatic rings. The zero-order chi connectivity index (χ0) is 16.1. The number of hydrogen-bond donors (Lipinski definition) is 2. The standard InChI is InChI=1S/C18H22N2O2/c1-4-9-22-15-7-8-17(13(3)10-15)20-18(21)16-11-14(19)6-5-12(16)2/h5-8,10-11H,4,9,19H2,1-3H3,(H,20,21). The highest BCUT2D eigenvalue weighted by molar-refractivity contribution is 6.06. The summed E-state index contributed by atoms with van der Waals surface area (Å²) in [6.07, 6.45) is 0.965. The van der Waals surface area contributed by atoms with E-state index in [9.17, 15) is 4.79 Å². The van der Waals surface area contributed by atoms with E-state index in [2.05, 4.69) is 12.2 Å². The van der Waals surface area contributed by atoms with E-state index in [1.807, 2.05) is 38.1 Å². The van der Waals surface area contributed by atoms with Crippen molar-refractivity contribution in [3.05, 3.63) is 53.1 Å². The van der Waals surface area contributed by atoms with Crippen LogP contribution in [-0.4, -0.2) is 12.5 Å². The maximum absolute atomic E-state index is 12.4. The number of nitrogens with one attached hydrogen (secondary N) is 1. The molecule has 0 saturated heterocycles. The first kappa shape index (κ1) is 15.9. The molecule has 116 valence electrons. The van der Waals surface area contributed by atoms with Crippen LogP contribution in [0.4, 0.5) is 11.4 Å². The molecule has 0 unspecified atom stereocenters. The second kappa shape index (κ2) is 6.98. The molecular weight excluding hydrogens is 276 g/mol. The fourth-order valence-corrected chi connectivity index (χ4v) is 2.16. The van der Waals surface area contributed by atoms with E-state index >= 15 is 0 Å². The molecule has 0 radical (unpaired) electrons. The predicted octanol–water partition coefficient (Wildman–Crippen LogP) is 3.93. The lowest BCUT2D eigenvalue weighted by Gasteiger charge is -2.12. The fourth-order valence-electron chi connectivity index (χ4n) is 2.16. The number of anilines is 2. The molecule has 4 nitrogen and oxygen atoms in total. The molecule has 0 bridgehead atoms. The number of amides is 1. The Labute approximate surface area is 131 Å². The normalized spacial score (nSPS) is 10.3. The molecule has 2 rings (SSSR count). The van der Waals surface area contributed by atoms with Crippen molar-refractivity contribution >= 4 is 17.3 Å². The van der Waals surface area contributed by atoms with Crippen LogP contribution in [0.3, 0.4) is 0 Å². The van der Waals surface area contributed by atoms with Gasteiger partial charge in [0.05, 0.1) is 6.61 Å². The quantitative estimate of drug-likeness (QED) is 0.822. The third-order valence-electron chi connectivity index (χ3n) is 3.43. The zero-order valence-corrected chi connectivity index (χ0v) is 13.3. The van der Waals surface area contributed by atoms with Crippen molar-refractivity contribution in [2.45, 2.75) is 27.2 Å². The van der Waals surface area contributed by atoms with Crippen LogP contribution in [0.15, 0.2) is 36.4 Å². The summed E-state index contributed by atoms with van der Waals surface area (Å²) >= 11 is 0. The van der Waals surface area contributed by atoms with Gasteiger partial charge in [-0.25, -0.2) is 0 Å². The highest BCUT2D eigenvalue weighted by Gasteiger charge is 2.11. The minimum atomic E-state index is -0.157. The third kappa shape index (κ3) is 3.79. The van der Waals surface area contributed by atoms with Crippen LogP contribution in [0.25, 0.3) is 0 Å². The number of nitrogens with two attached hydrogens (primary N) is 1. The van der Waals surface area contributed by atoms with Gasteiger partial charge in [-0.15, -0.1) is 0 Å². The van der Waals surface area contributed by atoms with Crippen LogP contribution < -0.4 is 15.8 Å². The van der Waals surface area contributed by atoms with Crippen molar-refractivity contribution < 1.29 is 9.53 Å². The van der Waals surface area contributed by atoms with Crippen LogP contribution >= 0.6 is 0 Å². The number of hydrogen-bond acceptors (Lipinski definition) is 3. The number of carbonyl (C=O) groups excluding carboxylic acids is 1. The van der Waals surface area contributed by atoms with Crippen LogP contribution in [-0.2, 0) is 0 Å². The molecule has 2 aromatic carbocycles. The van der Waals surface area contributed by atoms with Gasteiger partial charge in [-0.3, -0.25) is 4.79 Å². The SMILES string of the molecule is CCCOc1ccc(NC(=O)c2cc(N)ccc2C)c(C)c1. The van der Waals surface area contributed by atoms with E-state index in [1.165, 1.54) is 0 Å². The second-order valence-corrected chi connectivity index (χ2v) is 5.35. The average Bonchev–Trinajstić information content (AvgIpc) is 2.50. The minimum Gasteiger partial charge on any atom is -0.494 e. The van der Waals surface area contributed by atoms with E-state index < -0.39 is 0 Å². The molecular formula is C18H22N2O2. The summed E-state index contributed by atoms with van der Waals surface area (Å²) in [4.78, 5) is 12.4. The summed E-state index contributed by atoms with van der Waals surface area (Å²) in [5.41, 5.74) is 9.56. The van der Waals surface area contributed by atoms with Gasteiger partial charge in [0, 0.05) is 16.9 Å². The van der Waals surface area contributed by atoms with Crippen LogP contribution in [0, 0.1) is 13.8 Å². The Morgan fingerprint density at radius 3 is 2.59 bits per heavy atom. The van der Waals surface area contributed by atoms with Gasteiger partial charge < -0.3 is 15.8 Å². The maximum atomic E-state index is 12.4. The average molecular weight is 298 g/mol. The summed E-state index contributed by atoms with van der Waals surface area (Å²) in [5.74, 6) is 0.660. The molecule has 0 spiro atoms. The van der Waals surface area contributed by atoms with Crippen LogP contribution in [0.2, 0.25) is 0 Å². The molecule has 0 heterocycles. The Balaban J connectivity index is 2.16. The highest BCUT2D eigenvalue weighted by Crippen LogP contribution is 2.23. The largest absolute Gasteiger partial charge is 0.494 e. The Kier molecular flexibility index (Phi) is 5.04. The fraction of sp³-hybridized carbons (Fsp3) is 0.278. The molecule has 1 amide bonds. The number of aryl methyl sites for hydroxylation is 2. The summed E-state index contributed by atoms with van der Waals surface area (Å²) in [6.45, 7) is 6.59. The van der Waals surface area contributed by atoms with Crippen molar-refractivity contribution in [1.82, 2.24) is 0 Å². The van der Waals surface area contributed by atoms with Gasteiger partial charge in [-0.05, 0) is 61.7 Å². The molecule has 0 aliphatic carbocycles. The Bertz CT molecular complexity index is 681. The lowest BCUT2D eigenvalue weighted by atomic mass is 10.1. The molecule has 22 heavy (non-hydrogen) atoms. The molecule has 0 aliphatic heterocycles. The third-order valence-corrected chi connectivity index (χ3v) is 3.43. The van der Waals surface area contributed by atoms with E-state index in [4.69, 9.17) is 10.5 Å². The lowest BCUT2D eigenvalue weighted by Crippen LogP contribution is -2.14. The first-order chi connectivity index (χ1) is 10.5. The molecule has 4 heteroatoms. The molecule has 0 saturated carbocycles. The van der Waals surface area contributed by atoms with Crippen molar-refractivity contribution in [3.8, 4) is 5.75 Å².